The molecule has 8 rings (SSSR count). The molecule has 1 aliphatic carbocycles. The molecule has 1 aromatic heterocycles. The number of rotatable bonds is 3. The van der Waals surface area contributed by atoms with Gasteiger partial charge in [-0.25, -0.2) is 0 Å². The molecule has 0 bridgehead atoms. The minimum Gasteiger partial charge on any atom is -0.310 e. The molecule has 0 spiro atoms. The summed E-state index contributed by atoms with van der Waals surface area (Å²) in [6.07, 6.45) is 6.94. The minimum atomic E-state index is 0.0105. The van der Waals surface area contributed by atoms with Gasteiger partial charge in [-0.2, -0.15) is 0 Å². The van der Waals surface area contributed by atoms with E-state index < -0.39 is 0 Å². The molecule has 0 amide bonds. The summed E-state index contributed by atoms with van der Waals surface area (Å²) < 4.78 is 2.54. The van der Waals surface area contributed by atoms with Crippen LogP contribution < -0.4 is 4.90 Å². The van der Waals surface area contributed by atoms with Gasteiger partial charge in [-0.15, -0.1) is 0 Å². The minimum absolute atomic E-state index is 0.0105. The molecule has 6 aromatic rings. The second-order valence-electron chi connectivity index (χ2n) is 13.8. The standard InChI is InChI=1S/C41H38N2/c1-40(2,3)28-20-22-29(23-21-28)42(36-19-10-13-27-12-6-7-14-31(27)36)30-24-25-37-33(26-30)32-15-11-17-35-39(32)43(37)38-18-9-8-16-34(38)41(35,4)5/h6-7,9-15,17-26H,8,16H2,1-5H3. The quantitative estimate of drug-likeness (QED) is 0.210. The number of allylic oxidation sites excluding steroid dienone is 4. The summed E-state index contributed by atoms with van der Waals surface area (Å²) in [7, 11) is 0. The van der Waals surface area contributed by atoms with Crippen molar-refractivity contribution < 1.29 is 0 Å². The Bertz CT molecular complexity index is 2120. The molecule has 0 unspecified atom stereocenters. The average Bonchev–Trinajstić information content (AvgIpc) is 3.35. The molecule has 212 valence electrons. The second-order valence-corrected chi connectivity index (χ2v) is 13.8. The highest BCUT2D eigenvalue weighted by Gasteiger charge is 2.36. The van der Waals surface area contributed by atoms with E-state index in [4.69, 9.17) is 0 Å². The molecule has 0 radical (unpaired) electrons. The molecule has 2 heteroatoms. The van der Waals surface area contributed by atoms with Crippen molar-refractivity contribution in [2.75, 3.05) is 4.90 Å². The summed E-state index contributed by atoms with van der Waals surface area (Å²) in [4.78, 5) is 2.44. The van der Waals surface area contributed by atoms with Gasteiger partial charge >= 0.3 is 0 Å². The van der Waals surface area contributed by atoms with Gasteiger partial charge in [0.25, 0.3) is 0 Å². The molecule has 0 saturated carbocycles. The van der Waals surface area contributed by atoms with Crippen molar-refractivity contribution in [3.05, 3.63) is 132 Å². The third-order valence-electron chi connectivity index (χ3n) is 9.84. The molecule has 0 N–H and O–H groups in total. The molecule has 2 aliphatic rings. The number of anilines is 3. The van der Waals surface area contributed by atoms with Crippen molar-refractivity contribution >= 4 is 55.3 Å². The topological polar surface area (TPSA) is 8.17 Å². The number of hydrogen-bond donors (Lipinski definition) is 0. The smallest absolute Gasteiger partial charge is 0.0581 e. The van der Waals surface area contributed by atoms with Crippen LogP contribution in [-0.4, -0.2) is 4.57 Å². The van der Waals surface area contributed by atoms with Crippen LogP contribution in [0.5, 0.6) is 0 Å². The SMILES string of the molecule is CC(C)(C)c1ccc(N(c2ccc3c(c2)c2cccc4c2n3C2=C(CCC=C2)C4(C)C)c2cccc3ccccc23)cc1. The zero-order valence-electron chi connectivity index (χ0n) is 25.8. The Balaban J connectivity index is 1.40. The van der Waals surface area contributed by atoms with Crippen LogP contribution >= 0.6 is 0 Å². The maximum Gasteiger partial charge on any atom is 0.0581 e. The maximum atomic E-state index is 2.54. The molecule has 0 atom stereocenters. The summed E-state index contributed by atoms with van der Waals surface area (Å²) >= 11 is 0. The Hall–Kier alpha value is -4.56. The van der Waals surface area contributed by atoms with Gasteiger partial charge in [0.1, 0.15) is 0 Å². The third kappa shape index (κ3) is 3.86. The van der Waals surface area contributed by atoms with Gasteiger partial charge in [0.05, 0.1) is 16.7 Å². The molecular formula is C41H38N2. The summed E-state index contributed by atoms with van der Waals surface area (Å²) in [5.41, 5.74) is 12.0. The van der Waals surface area contributed by atoms with Crippen LogP contribution in [0.3, 0.4) is 0 Å². The molecule has 2 heterocycles. The first-order valence-corrected chi connectivity index (χ1v) is 15.6. The van der Waals surface area contributed by atoms with E-state index in [1.54, 1.807) is 5.57 Å². The van der Waals surface area contributed by atoms with Gasteiger partial charge in [-0.05, 0) is 82.8 Å². The first kappa shape index (κ1) is 26.1. The Morgan fingerprint density at radius 2 is 1.44 bits per heavy atom. The Morgan fingerprint density at radius 3 is 2.26 bits per heavy atom. The second kappa shape index (κ2) is 9.22. The Morgan fingerprint density at radius 1 is 0.721 bits per heavy atom. The van der Waals surface area contributed by atoms with Crippen molar-refractivity contribution in [2.24, 2.45) is 0 Å². The van der Waals surface area contributed by atoms with Gasteiger partial charge in [-0.3, -0.25) is 0 Å². The fraction of sp³-hybridized carbons (Fsp3) is 0.220. The highest BCUT2D eigenvalue weighted by Crippen LogP contribution is 2.50. The Kier molecular flexibility index (Phi) is 5.59. The van der Waals surface area contributed by atoms with Crippen LogP contribution in [0.2, 0.25) is 0 Å². The van der Waals surface area contributed by atoms with Gasteiger partial charge in [0.2, 0.25) is 0 Å². The van der Waals surface area contributed by atoms with E-state index >= 15 is 0 Å². The first-order valence-electron chi connectivity index (χ1n) is 15.6. The number of benzene rings is 5. The van der Waals surface area contributed by atoms with E-state index in [2.05, 4.69) is 159 Å². The molecular weight excluding hydrogens is 520 g/mol. The number of nitrogens with zero attached hydrogens (tertiary/aromatic N) is 2. The number of fused-ring (bicyclic) bond motifs is 5. The monoisotopic (exact) mass is 558 g/mol. The molecule has 1 aliphatic heterocycles. The predicted octanol–water partition coefficient (Wildman–Crippen LogP) is 11.6. The van der Waals surface area contributed by atoms with Crippen LogP contribution in [0, 0.1) is 0 Å². The van der Waals surface area contributed by atoms with E-state index in [0.29, 0.717) is 0 Å². The van der Waals surface area contributed by atoms with Crippen molar-refractivity contribution in [3.8, 4) is 0 Å². The molecule has 0 saturated heterocycles. The molecule has 0 fully saturated rings. The zero-order valence-corrected chi connectivity index (χ0v) is 25.8. The van der Waals surface area contributed by atoms with Crippen molar-refractivity contribution in [1.82, 2.24) is 4.57 Å². The summed E-state index contributed by atoms with van der Waals surface area (Å²) in [5.74, 6) is 0. The zero-order chi connectivity index (χ0) is 29.5. The predicted molar refractivity (Wildman–Crippen MR) is 185 cm³/mol. The fourth-order valence-corrected chi connectivity index (χ4v) is 7.55. The largest absolute Gasteiger partial charge is 0.310 e. The van der Waals surface area contributed by atoms with Gasteiger partial charge in [-0.1, -0.05) is 107 Å². The van der Waals surface area contributed by atoms with Gasteiger partial charge < -0.3 is 9.47 Å². The van der Waals surface area contributed by atoms with Crippen LogP contribution in [0.4, 0.5) is 17.1 Å². The van der Waals surface area contributed by atoms with E-state index in [9.17, 15) is 0 Å². The van der Waals surface area contributed by atoms with Crippen molar-refractivity contribution in [2.45, 2.75) is 58.3 Å². The highest BCUT2D eigenvalue weighted by atomic mass is 15.1. The molecule has 2 nitrogen and oxygen atoms in total. The maximum absolute atomic E-state index is 2.54. The third-order valence-corrected chi connectivity index (χ3v) is 9.84. The van der Waals surface area contributed by atoms with Crippen LogP contribution in [-0.2, 0) is 10.8 Å². The normalized spacial score (nSPS) is 15.8. The highest BCUT2D eigenvalue weighted by molar-refractivity contribution is 6.14. The van der Waals surface area contributed by atoms with Crippen molar-refractivity contribution in [1.29, 1.82) is 0 Å². The number of hydrogen-bond acceptors (Lipinski definition) is 1. The first-order chi connectivity index (χ1) is 20.7. The Labute approximate surface area is 254 Å². The lowest BCUT2D eigenvalue weighted by atomic mass is 9.71. The van der Waals surface area contributed by atoms with Gasteiger partial charge in [0, 0.05) is 38.6 Å². The lowest BCUT2D eigenvalue weighted by Crippen LogP contribution is -2.28. The lowest BCUT2D eigenvalue weighted by Gasteiger charge is -2.37. The summed E-state index contributed by atoms with van der Waals surface area (Å²) in [6.45, 7) is 11.6. The molecule has 5 aromatic carbocycles. The number of para-hydroxylation sites is 1. The summed E-state index contributed by atoms with van der Waals surface area (Å²) in [6, 6.07) is 38.5. The van der Waals surface area contributed by atoms with E-state index in [-0.39, 0.29) is 10.8 Å². The molecule has 43 heavy (non-hydrogen) atoms. The van der Waals surface area contributed by atoms with Crippen molar-refractivity contribution in [3.63, 3.8) is 0 Å². The van der Waals surface area contributed by atoms with Gasteiger partial charge in [0.15, 0.2) is 0 Å². The lowest BCUT2D eigenvalue weighted by molar-refractivity contribution is 0.585. The summed E-state index contributed by atoms with van der Waals surface area (Å²) in [5, 5.41) is 5.12. The average molecular weight is 559 g/mol. The number of aromatic nitrogens is 1. The van der Waals surface area contributed by atoms with Crippen LogP contribution in [0.15, 0.2) is 121 Å². The van der Waals surface area contributed by atoms with Crippen LogP contribution in [0.1, 0.15) is 58.6 Å². The van der Waals surface area contributed by atoms with E-state index in [0.717, 1.165) is 12.8 Å². The van der Waals surface area contributed by atoms with Crippen LogP contribution in [0.25, 0.3) is 38.3 Å². The van der Waals surface area contributed by atoms with E-state index in [1.165, 1.54) is 66.5 Å². The fourth-order valence-electron chi connectivity index (χ4n) is 7.55. The van der Waals surface area contributed by atoms with E-state index in [1.807, 2.05) is 0 Å².